The maximum absolute atomic E-state index is 7.43. The summed E-state index contributed by atoms with van der Waals surface area (Å²) in [6.07, 6.45) is 3.60. The van der Waals surface area contributed by atoms with Gasteiger partial charge in [-0.25, -0.2) is 0 Å². The van der Waals surface area contributed by atoms with Gasteiger partial charge in [-0.15, -0.1) is 0 Å². The minimum absolute atomic E-state index is 0.00780. The van der Waals surface area contributed by atoms with Gasteiger partial charge in [0.05, 0.1) is 0 Å². The third kappa shape index (κ3) is 2.32. The van der Waals surface area contributed by atoms with E-state index in [0.29, 0.717) is 11.3 Å². The average Bonchev–Trinajstić information content (AvgIpc) is 2.85. The molecule has 1 aliphatic rings. The summed E-state index contributed by atoms with van der Waals surface area (Å²) in [5.74, 6) is -0.00780. The lowest BCUT2D eigenvalue weighted by molar-refractivity contribution is 0.912. The van der Waals surface area contributed by atoms with Crippen LogP contribution in [0.1, 0.15) is 23.1 Å². The van der Waals surface area contributed by atoms with Gasteiger partial charge in [0.1, 0.15) is 5.84 Å². The Morgan fingerprint density at radius 1 is 1.00 bits per heavy atom. The molecule has 6 N–H and O–H groups in total. The van der Waals surface area contributed by atoms with Crippen LogP contribution >= 0.6 is 0 Å². The third-order valence-corrected chi connectivity index (χ3v) is 3.73. The zero-order valence-electron chi connectivity index (χ0n) is 11.2. The molecule has 0 bridgehead atoms. The van der Waals surface area contributed by atoms with Crippen molar-refractivity contribution >= 4 is 22.9 Å². The van der Waals surface area contributed by atoms with Gasteiger partial charge in [-0.2, -0.15) is 0 Å². The molecule has 20 heavy (non-hydrogen) atoms. The summed E-state index contributed by atoms with van der Waals surface area (Å²) in [6, 6.07) is 12.0. The first-order valence-electron chi connectivity index (χ1n) is 6.76. The van der Waals surface area contributed by atoms with Gasteiger partial charge < -0.3 is 16.8 Å². The number of amidine groups is 1. The Morgan fingerprint density at radius 3 is 2.45 bits per heavy atom. The number of anilines is 3. The van der Waals surface area contributed by atoms with E-state index in [-0.39, 0.29) is 5.84 Å². The van der Waals surface area contributed by atoms with E-state index < -0.39 is 0 Å². The highest BCUT2D eigenvalue weighted by Crippen LogP contribution is 2.27. The first-order chi connectivity index (χ1) is 9.63. The number of aryl methyl sites for hydroxylation is 2. The highest BCUT2D eigenvalue weighted by atomic mass is 14.9. The normalized spacial score (nSPS) is 13.0. The van der Waals surface area contributed by atoms with Crippen molar-refractivity contribution in [3.63, 3.8) is 0 Å². The summed E-state index contributed by atoms with van der Waals surface area (Å²) < 4.78 is 0. The average molecular weight is 266 g/mol. The molecule has 0 saturated carbocycles. The first kappa shape index (κ1) is 12.5. The summed E-state index contributed by atoms with van der Waals surface area (Å²) in [4.78, 5) is 0. The van der Waals surface area contributed by atoms with Crippen molar-refractivity contribution in [3.05, 3.63) is 53.1 Å². The Bertz CT molecular complexity index is 676. The van der Waals surface area contributed by atoms with Crippen LogP contribution in [-0.4, -0.2) is 5.84 Å². The van der Waals surface area contributed by atoms with Gasteiger partial charge in [0.15, 0.2) is 0 Å². The zero-order valence-corrected chi connectivity index (χ0v) is 11.2. The number of nitrogens with two attached hydrogens (primary N) is 2. The van der Waals surface area contributed by atoms with Crippen molar-refractivity contribution in [2.75, 3.05) is 11.1 Å². The number of benzene rings is 2. The van der Waals surface area contributed by atoms with Gasteiger partial charge in [-0.1, -0.05) is 6.07 Å². The van der Waals surface area contributed by atoms with Gasteiger partial charge in [0.25, 0.3) is 0 Å². The molecular weight excluding hydrogens is 248 g/mol. The lowest BCUT2D eigenvalue weighted by Crippen LogP contribution is -2.13. The van der Waals surface area contributed by atoms with Gasteiger partial charge in [-0.3, -0.25) is 5.41 Å². The minimum atomic E-state index is -0.00780. The van der Waals surface area contributed by atoms with Gasteiger partial charge >= 0.3 is 0 Å². The van der Waals surface area contributed by atoms with E-state index in [9.17, 15) is 0 Å². The molecule has 0 atom stereocenters. The Balaban J connectivity index is 1.84. The summed E-state index contributed by atoms with van der Waals surface area (Å²) in [5.41, 5.74) is 17.3. The molecule has 102 valence electrons. The molecule has 0 radical (unpaired) electrons. The van der Waals surface area contributed by atoms with E-state index in [0.717, 1.165) is 17.8 Å². The lowest BCUT2D eigenvalue weighted by atomic mass is 10.1. The van der Waals surface area contributed by atoms with Crippen molar-refractivity contribution < 1.29 is 0 Å². The molecule has 0 aliphatic heterocycles. The summed E-state index contributed by atoms with van der Waals surface area (Å²) in [5, 5.41) is 10.8. The van der Waals surface area contributed by atoms with Gasteiger partial charge in [0.2, 0.25) is 0 Å². The Labute approximate surface area is 118 Å². The highest BCUT2D eigenvalue weighted by Gasteiger charge is 2.11. The smallest absolute Gasteiger partial charge is 0.124 e. The third-order valence-electron chi connectivity index (χ3n) is 3.73. The molecule has 0 saturated heterocycles. The van der Waals surface area contributed by atoms with E-state index >= 15 is 0 Å². The van der Waals surface area contributed by atoms with Crippen LogP contribution in [0.15, 0.2) is 36.4 Å². The summed E-state index contributed by atoms with van der Waals surface area (Å²) >= 11 is 0. The maximum atomic E-state index is 7.43. The fourth-order valence-corrected chi connectivity index (χ4v) is 2.70. The quantitative estimate of drug-likeness (QED) is 0.391. The van der Waals surface area contributed by atoms with Crippen LogP contribution in [0, 0.1) is 5.41 Å². The first-order valence-corrected chi connectivity index (χ1v) is 6.76. The minimum Gasteiger partial charge on any atom is -0.398 e. The topological polar surface area (TPSA) is 87.9 Å². The van der Waals surface area contributed by atoms with Crippen LogP contribution in [0.4, 0.5) is 17.1 Å². The van der Waals surface area contributed by atoms with Crippen LogP contribution in [0.2, 0.25) is 0 Å². The van der Waals surface area contributed by atoms with Crippen LogP contribution in [0.3, 0.4) is 0 Å². The zero-order chi connectivity index (χ0) is 14.1. The van der Waals surface area contributed by atoms with E-state index in [1.165, 1.54) is 24.0 Å². The monoisotopic (exact) mass is 266 g/mol. The van der Waals surface area contributed by atoms with E-state index in [1.54, 1.807) is 6.07 Å². The molecule has 0 spiro atoms. The van der Waals surface area contributed by atoms with Crippen molar-refractivity contribution in [2.24, 2.45) is 5.73 Å². The van der Waals surface area contributed by atoms with Crippen LogP contribution < -0.4 is 16.8 Å². The molecule has 1 aliphatic carbocycles. The second-order valence-corrected chi connectivity index (χ2v) is 5.18. The van der Waals surface area contributed by atoms with Gasteiger partial charge in [0, 0.05) is 22.6 Å². The molecule has 2 aromatic carbocycles. The van der Waals surface area contributed by atoms with E-state index in [4.69, 9.17) is 16.9 Å². The van der Waals surface area contributed by atoms with Crippen molar-refractivity contribution in [1.29, 1.82) is 5.41 Å². The highest BCUT2D eigenvalue weighted by molar-refractivity contribution is 6.00. The van der Waals surface area contributed by atoms with Crippen molar-refractivity contribution in [3.8, 4) is 0 Å². The number of fused-ring (bicyclic) bond motifs is 1. The molecule has 0 unspecified atom stereocenters. The molecule has 2 aromatic rings. The number of nitrogen functional groups attached to an aromatic ring is 2. The Hall–Kier alpha value is -2.49. The molecule has 4 heteroatoms. The molecule has 3 rings (SSSR count). The SMILES string of the molecule is N=C(N)c1ccc(Nc2ccc3c(c2)CCC3)cc1N. The molecular formula is C16H18N4. The molecule has 0 fully saturated rings. The number of hydrogen-bond acceptors (Lipinski definition) is 3. The Morgan fingerprint density at radius 2 is 1.70 bits per heavy atom. The second kappa shape index (κ2) is 4.89. The van der Waals surface area contributed by atoms with Crippen molar-refractivity contribution in [2.45, 2.75) is 19.3 Å². The Kier molecular flexibility index (Phi) is 3.06. The largest absolute Gasteiger partial charge is 0.398 e. The lowest BCUT2D eigenvalue weighted by Gasteiger charge is -2.11. The number of rotatable bonds is 3. The number of nitrogens with one attached hydrogen (secondary N) is 2. The molecule has 0 aromatic heterocycles. The fourth-order valence-electron chi connectivity index (χ4n) is 2.70. The van der Waals surface area contributed by atoms with Gasteiger partial charge in [-0.05, 0) is 60.7 Å². The predicted octanol–water partition coefficient (Wildman–Crippen LogP) is 2.79. The summed E-state index contributed by atoms with van der Waals surface area (Å²) in [7, 11) is 0. The molecule has 0 heterocycles. The summed E-state index contributed by atoms with van der Waals surface area (Å²) in [6.45, 7) is 0. The number of hydrogen-bond donors (Lipinski definition) is 4. The fraction of sp³-hybridized carbons (Fsp3) is 0.188. The van der Waals surface area contributed by atoms with Crippen LogP contribution in [0.25, 0.3) is 0 Å². The maximum Gasteiger partial charge on any atom is 0.124 e. The molecule has 4 nitrogen and oxygen atoms in total. The predicted molar refractivity (Wildman–Crippen MR) is 83.6 cm³/mol. The second-order valence-electron chi connectivity index (χ2n) is 5.18. The van der Waals surface area contributed by atoms with Crippen LogP contribution in [-0.2, 0) is 12.8 Å². The van der Waals surface area contributed by atoms with E-state index in [2.05, 4.69) is 23.5 Å². The van der Waals surface area contributed by atoms with Crippen LogP contribution in [0.5, 0.6) is 0 Å². The standard InChI is InChI=1S/C16H18N4/c17-15-9-13(6-7-14(15)16(18)19)20-12-5-4-10-2-1-3-11(10)8-12/h4-9,20H,1-3,17H2,(H3,18,19). The van der Waals surface area contributed by atoms with Crippen molar-refractivity contribution in [1.82, 2.24) is 0 Å². The molecule has 0 amide bonds. The van der Waals surface area contributed by atoms with E-state index in [1.807, 2.05) is 12.1 Å².